The molecule has 3 aromatic carbocycles. The summed E-state index contributed by atoms with van der Waals surface area (Å²) in [7, 11) is 0. The van der Waals surface area contributed by atoms with Gasteiger partial charge in [-0.15, -0.1) is 11.3 Å². The fraction of sp³-hybridized carbons (Fsp3) is 0.241. The molecule has 2 aliphatic rings. The Bertz CT molecular complexity index is 1360. The number of thiazole rings is 1. The first-order chi connectivity index (χ1) is 17.6. The van der Waals surface area contributed by atoms with E-state index in [-0.39, 0.29) is 11.9 Å². The molecule has 0 aliphatic carbocycles. The van der Waals surface area contributed by atoms with Crippen molar-refractivity contribution >= 4 is 39.5 Å². The molecule has 6 rings (SSSR count). The van der Waals surface area contributed by atoms with Gasteiger partial charge in [-0.25, -0.2) is 14.4 Å². The lowest BCUT2D eigenvalue weighted by atomic mass is 9.98. The Kier molecular flexibility index (Phi) is 6.46. The fourth-order valence-corrected chi connectivity index (χ4v) is 5.90. The van der Waals surface area contributed by atoms with Crippen molar-refractivity contribution in [1.82, 2.24) is 4.98 Å². The molecule has 1 aromatic heterocycles. The SMILES string of the molecule is Fc1ccc(-c2csc(N3N=C(c4ccc(N5CCCCC5)cc4)CC3c3ccc(Cl)cc3)n2)cc1. The standard InChI is InChI=1S/C29H26ClFN4S/c30-23-10-4-22(5-11-23)28-18-26(20-8-14-25(15-9-20)34-16-2-1-3-17-34)33-35(28)29-32-27(19-36-29)21-6-12-24(31)13-7-21/h4-15,19,28H,1-3,16-18H2. The second kappa shape index (κ2) is 10.0. The molecule has 1 unspecified atom stereocenters. The predicted octanol–water partition coefficient (Wildman–Crippen LogP) is 7.95. The van der Waals surface area contributed by atoms with E-state index in [1.807, 2.05) is 22.5 Å². The molecule has 1 atom stereocenters. The van der Waals surface area contributed by atoms with E-state index in [4.69, 9.17) is 21.7 Å². The Morgan fingerprint density at radius 3 is 2.25 bits per heavy atom. The molecule has 0 saturated carbocycles. The maximum Gasteiger partial charge on any atom is 0.207 e. The smallest absolute Gasteiger partial charge is 0.207 e. The molecule has 0 spiro atoms. The van der Waals surface area contributed by atoms with Crippen LogP contribution in [0.5, 0.6) is 0 Å². The van der Waals surface area contributed by atoms with E-state index in [1.54, 1.807) is 23.5 Å². The first kappa shape index (κ1) is 23.2. The molecule has 4 nitrogen and oxygen atoms in total. The number of halogens is 2. The minimum absolute atomic E-state index is 0.0197. The van der Waals surface area contributed by atoms with Crippen LogP contribution < -0.4 is 9.91 Å². The molecule has 0 bridgehead atoms. The monoisotopic (exact) mass is 516 g/mol. The van der Waals surface area contributed by atoms with Crippen LogP contribution in [0, 0.1) is 5.82 Å². The largest absolute Gasteiger partial charge is 0.372 e. The van der Waals surface area contributed by atoms with Crippen LogP contribution in [0.1, 0.15) is 42.9 Å². The third-order valence-electron chi connectivity index (χ3n) is 6.91. The maximum absolute atomic E-state index is 13.4. The van der Waals surface area contributed by atoms with Gasteiger partial charge in [0.15, 0.2) is 0 Å². The molecular formula is C29H26ClFN4S. The van der Waals surface area contributed by atoms with Crippen molar-refractivity contribution in [2.24, 2.45) is 5.10 Å². The second-order valence-corrected chi connectivity index (χ2v) is 10.6. The zero-order valence-electron chi connectivity index (χ0n) is 19.8. The van der Waals surface area contributed by atoms with Gasteiger partial charge in [-0.3, -0.25) is 0 Å². The number of hydrazone groups is 1. The summed E-state index contributed by atoms with van der Waals surface area (Å²) < 4.78 is 13.4. The quantitative estimate of drug-likeness (QED) is 0.270. The average Bonchev–Trinajstić information content (AvgIpc) is 3.58. The molecule has 7 heteroatoms. The van der Waals surface area contributed by atoms with E-state index in [1.165, 1.54) is 37.1 Å². The normalized spacial score (nSPS) is 17.9. The van der Waals surface area contributed by atoms with Crippen molar-refractivity contribution in [2.75, 3.05) is 23.0 Å². The van der Waals surface area contributed by atoms with Gasteiger partial charge < -0.3 is 4.90 Å². The van der Waals surface area contributed by atoms with Crippen LogP contribution in [0.25, 0.3) is 11.3 Å². The molecule has 1 fully saturated rings. The average molecular weight is 517 g/mol. The lowest BCUT2D eigenvalue weighted by molar-refractivity contribution is 0.578. The van der Waals surface area contributed by atoms with Gasteiger partial charge in [0.1, 0.15) is 5.82 Å². The zero-order valence-corrected chi connectivity index (χ0v) is 21.4. The molecule has 4 aromatic rings. The highest BCUT2D eigenvalue weighted by Crippen LogP contribution is 2.40. The highest BCUT2D eigenvalue weighted by Gasteiger charge is 2.32. The van der Waals surface area contributed by atoms with Crippen LogP contribution in [0.15, 0.2) is 83.3 Å². The summed E-state index contributed by atoms with van der Waals surface area (Å²) in [5.74, 6) is -0.253. The lowest BCUT2D eigenvalue weighted by Gasteiger charge is -2.28. The van der Waals surface area contributed by atoms with E-state index in [9.17, 15) is 4.39 Å². The summed E-state index contributed by atoms with van der Waals surface area (Å²) in [5, 5.41) is 10.6. The Morgan fingerprint density at radius 2 is 1.53 bits per heavy atom. The summed E-state index contributed by atoms with van der Waals surface area (Å²) in [6.07, 6.45) is 4.63. The van der Waals surface area contributed by atoms with Gasteiger partial charge in [0.2, 0.25) is 5.13 Å². The number of hydrogen-bond acceptors (Lipinski definition) is 5. The lowest BCUT2D eigenvalue weighted by Crippen LogP contribution is -2.29. The fourth-order valence-electron chi connectivity index (χ4n) is 4.95. The van der Waals surface area contributed by atoms with Crippen molar-refractivity contribution in [2.45, 2.75) is 31.7 Å². The molecule has 182 valence electrons. The number of nitrogens with zero attached hydrogens (tertiary/aromatic N) is 4. The van der Waals surface area contributed by atoms with Gasteiger partial charge in [-0.05, 0) is 78.9 Å². The molecule has 3 heterocycles. The number of rotatable bonds is 5. The van der Waals surface area contributed by atoms with Gasteiger partial charge in [-0.1, -0.05) is 35.9 Å². The minimum Gasteiger partial charge on any atom is -0.372 e. The highest BCUT2D eigenvalue weighted by molar-refractivity contribution is 7.14. The van der Waals surface area contributed by atoms with Crippen molar-refractivity contribution in [3.8, 4) is 11.3 Å². The molecular weight excluding hydrogens is 491 g/mol. The van der Waals surface area contributed by atoms with Crippen LogP contribution in [0.4, 0.5) is 15.2 Å². The van der Waals surface area contributed by atoms with Crippen LogP contribution in [-0.2, 0) is 0 Å². The molecule has 0 radical (unpaired) electrons. The van der Waals surface area contributed by atoms with Gasteiger partial charge in [0.05, 0.1) is 17.4 Å². The van der Waals surface area contributed by atoms with Crippen LogP contribution in [0.2, 0.25) is 5.02 Å². The van der Waals surface area contributed by atoms with Gasteiger partial charge >= 0.3 is 0 Å². The summed E-state index contributed by atoms with van der Waals surface area (Å²) in [4.78, 5) is 7.34. The third-order valence-corrected chi connectivity index (χ3v) is 8.00. The first-order valence-corrected chi connectivity index (χ1v) is 13.6. The third kappa shape index (κ3) is 4.75. The van der Waals surface area contributed by atoms with Crippen molar-refractivity contribution in [3.63, 3.8) is 0 Å². The van der Waals surface area contributed by atoms with E-state index in [2.05, 4.69) is 41.3 Å². The van der Waals surface area contributed by atoms with Crippen LogP contribution in [-0.4, -0.2) is 23.8 Å². The molecule has 36 heavy (non-hydrogen) atoms. The van der Waals surface area contributed by atoms with Crippen molar-refractivity contribution in [1.29, 1.82) is 0 Å². The number of anilines is 2. The summed E-state index contributed by atoms with van der Waals surface area (Å²) >= 11 is 7.72. The second-order valence-electron chi connectivity index (χ2n) is 9.28. The van der Waals surface area contributed by atoms with Gasteiger partial charge in [0, 0.05) is 41.2 Å². The van der Waals surface area contributed by atoms with Crippen molar-refractivity contribution in [3.05, 3.63) is 100 Å². The first-order valence-electron chi connectivity index (χ1n) is 12.3. The topological polar surface area (TPSA) is 31.7 Å². The predicted molar refractivity (Wildman–Crippen MR) is 148 cm³/mol. The Morgan fingerprint density at radius 1 is 0.833 bits per heavy atom. The highest BCUT2D eigenvalue weighted by atomic mass is 35.5. The van der Waals surface area contributed by atoms with Crippen LogP contribution in [0.3, 0.4) is 0 Å². The summed E-state index contributed by atoms with van der Waals surface area (Å²) in [5.41, 5.74) is 6.30. The number of hydrogen-bond donors (Lipinski definition) is 0. The Hall–Kier alpha value is -3.22. The van der Waals surface area contributed by atoms with E-state index in [0.29, 0.717) is 5.02 Å². The summed E-state index contributed by atoms with van der Waals surface area (Å²) in [6, 6.07) is 23.3. The van der Waals surface area contributed by atoms with Gasteiger partial charge in [0.25, 0.3) is 0 Å². The Labute approximate surface area is 219 Å². The number of benzene rings is 3. The van der Waals surface area contributed by atoms with E-state index < -0.39 is 0 Å². The van der Waals surface area contributed by atoms with E-state index >= 15 is 0 Å². The number of piperidine rings is 1. The number of aromatic nitrogens is 1. The van der Waals surface area contributed by atoms with E-state index in [0.717, 1.165) is 52.7 Å². The minimum atomic E-state index is -0.253. The maximum atomic E-state index is 13.4. The molecule has 1 saturated heterocycles. The zero-order chi connectivity index (χ0) is 24.5. The molecule has 2 aliphatic heterocycles. The Balaban J connectivity index is 1.31. The summed E-state index contributed by atoms with van der Waals surface area (Å²) in [6.45, 7) is 2.26. The molecule has 0 N–H and O–H groups in total. The van der Waals surface area contributed by atoms with Gasteiger partial charge in [-0.2, -0.15) is 5.10 Å². The molecule has 0 amide bonds. The van der Waals surface area contributed by atoms with Crippen LogP contribution >= 0.6 is 22.9 Å². The van der Waals surface area contributed by atoms with Crippen molar-refractivity contribution < 1.29 is 4.39 Å².